The van der Waals surface area contributed by atoms with E-state index in [-0.39, 0.29) is 17.7 Å². The fourth-order valence-corrected chi connectivity index (χ4v) is 0.879. The minimum absolute atomic E-state index is 0.0842. The third kappa shape index (κ3) is 7.53. The van der Waals surface area contributed by atoms with Gasteiger partial charge < -0.3 is 9.47 Å². The summed E-state index contributed by atoms with van der Waals surface area (Å²) >= 11 is 0. The maximum atomic E-state index is 10.7. The van der Waals surface area contributed by atoms with Crippen molar-refractivity contribution in [3.8, 4) is 0 Å². The fraction of sp³-hybridized carbons (Fsp3) is 0.700. The predicted octanol–water partition coefficient (Wildman–Crippen LogP) is 1.92. The van der Waals surface area contributed by atoms with Crippen molar-refractivity contribution in [3.63, 3.8) is 0 Å². The average molecular weight is 186 g/mol. The van der Waals surface area contributed by atoms with Gasteiger partial charge >= 0.3 is 5.97 Å². The highest BCUT2D eigenvalue weighted by Crippen LogP contribution is 2.10. The second-order valence-electron chi connectivity index (χ2n) is 3.82. The van der Waals surface area contributed by atoms with Crippen LogP contribution in [0.1, 0.15) is 27.7 Å². The van der Waals surface area contributed by atoms with Crippen LogP contribution in [0.25, 0.3) is 0 Å². The molecule has 0 spiro atoms. The molecule has 0 aliphatic rings. The molecule has 13 heavy (non-hydrogen) atoms. The zero-order valence-electron chi connectivity index (χ0n) is 8.96. The molecule has 0 aromatic heterocycles. The van der Waals surface area contributed by atoms with E-state index in [4.69, 9.17) is 4.74 Å². The summed E-state index contributed by atoms with van der Waals surface area (Å²) in [6.45, 7) is 7.78. The molecule has 1 atom stereocenters. The molecule has 1 unspecified atom stereocenters. The summed E-state index contributed by atoms with van der Waals surface area (Å²) in [6.07, 6.45) is 2.96. The topological polar surface area (TPSA) is 35.5 Å². The normalized spacial score (nSPS) is 14.5. The van der Waals surface area contributed by atoms with Gasteiger partial charge in [-0.3, -0.25) is 0 Å². The molecule has 0 saturated heterocycles. The van der Waals surface area contributed by atoms with Crippen LogP contribution >= 0.6 is 0 Å². The summed E-state index contributed by atoms with van der Waals surface area (Å²) in [4.78, 5) is 10.7. The summed E-state index contributed by atoms with van der Waals surface area (Å²) in [7, 11) is 1.35. The van der Waals surface area contributed by atoms with Gasteiger partial charge in [0.15, 0.2) is 0 Å². The van der Waals surface area contributed by atoms with E-state index in [0.29, 0.717) is 0 Å². The van der Waals surface area contributed by atoms with Crippen molar-refractivity contribution in [2.75, 3.05) is 7.11 Å². The lowest BCUT2D eigenvalue weighted by Crippen LogP contribution is -2.24. The third-order valence-corrected chi connectivity index (χ3v) is 1.24. The minimum atomic E-state index is -0.357. The zero-order valence-corrected chi connectivity index (χ0v) is 8.96. The van der Waals surface area contributed by atoms with Crippen LogP contribution in [0.3, 0.4) is 0 Å². The molecule has 0 saturated carbocycles. The smallest absolute Gasteiger partial charge is 0.330 e. The Morgan fingerprint density at radius 2 is 1.92 bits per heavy atom. The van der Waals surface area contributed by atoms with Crippen LogP contribution in [0.2, 0.25) is 0 Å². The Bertz CT molecular complexity index is 189. The minimum Gasteiger partial charge on any atom is -0.466 e. The highest BCUT2D eigenvalue weighted by atomic mass is 16.5. The number of ether oxygens (including phenoxy) is 2. The van der Waals surface area contributed by atoms with E-state index >= 15 is 0 Å². The van der Waals surface area contributed by atoms with Gasteiger partial charge in [-0.25, -0.2) is 4.79 Å². The Morgan fingerprint density at radius 3 is 2.31 bits per heavy atom. The Morgan fingerprint density at radius 1 is 1.38 bits per heavy atom. The van der Waals surface area contributed by atoms with Gasteiger partial charge in [0.05, 0.1) is 18.8 Å². The molecule has 0 bridgehead atoms. The first kappa shape index (κ1) is 12.2. The van der Waals surface area contributed by atoms with Crippen LogP contribution in [0.4, 0.5) is 0 Å². The average Bonchev–Trinajstić information content (AvgIpc) is 1.97. The van der Waals surface area contributed by atoms with Crippen molar-refractivity contribution >= 4 is 5.97 Å². The van der Waals surface area contributed by atoms with Gasteiger partial charge in [-0.1, -0.05) is 0 Å². The van der Waals surface area contributed by atoms with Crippen LogP contribution in [0.15, 0.2) is 12.2 Å². The maximum absolute atomic E-state index is 10.7. The lowest BCUT2D eigenvalue weighted by Gasteiger charge is -2.22. The van der Waals surface area contributed by atoms with Crippen molar-refractivity contribution in [1.82, 2.24) is 0 Å². The molecule has 0 heterocycles. The van der Waals surface area contributed by atoms with Crippen molar-refractivity contribution in [2.45, 2.75) is 39.4 Å². The van der Waals surface area contributed by atoms with Gasteiger partial charge in [-0.15, -0.1) is 0 Å². The van der Waals surface area contributed by atoms with Crippen molar-refractivity contribution in [2.24, 2.45) is 0 Å². The number of esters is 1. The van der Waals surface area contributed by atoms with E-state index in [1.807, 2.05) is 27.7 Å². The first-order chi connectivity index (χ1) is 5.85. The number of methoxy groups -OCH3 is 1. The number of rotatable bonds is 3. The van der Waals surface area contributed by atoms with E-state index < -0.39 is 0 Å². The molecule has 0 amide bonds. The maximum Gasteiger partial charge on any atom is 0.330 e. The first-order valence-electron chi connectivity index (χ1n) is 4.29. The second kappa shape index (κ2) is 5.02. The summed E-state index contributed by atoms with van der Waals surface area (Å²) in [5.74, 6) is -0.357. The number of carbonyl (C=O) groups is 1. The summed E-state index contributed by atoms with van der Waals surface area (Å²) in [5.41, 5.74) is -0.195. The van der Waals surface area contributed by atoms with E-state index in [0.717, 1.165) is 0 Å². The largest absolute Gasteiger partial charge is 0.466 e. The lowest BCUT2D eigenvalue weighted by molar-refractivity contribution is -0.135. The highest BCUT2D eigenvalue weighted by molar-refractivity contribution is 5.81. The monoisotopic (exact) mass is 186 g/mol. The van der Waals surface area contributed by atoms with Gasteiger partial charge in [0.25, 0.3) is 0 Å². The Labute approximate surface area is 79.7 Å². The molecular weight excluding hydrogens is 168 g/mol. The molecular formula is C10H18O3. The fourth-order valence-electron chi connectivity index (χ4n) is 0.879. The molecule has 0 aromatic carbocycles. The molecule has 0 aromatic rings. The van der Waals surface area contributed by atoms with Gasteiger partial charge in [0.1, 0.15) is 0 Å². The molecule has 3 heteroatoms. The molecule has 0 aliphatic heterocycles. The van der Waals surface area contributed by atoms with Crippen LogP contribution in [0.5, 0.6) is 0 Å². The Hall–Kier alpha value is -0.830. The molecule has 0 aliphatic carbocycles. The van der Waals surface area contributed by atoms with Gasteiger partial charge in [-0.2, -0.15) is 0 Å². The second-order valence-corrected chi connectivity index (χ2v) is 3.82. The number of hydrogen-bond acceptors (Lipinski definition) is 3. The Kier molecular flexibility index (Phi) is 4.70. The van der Waals surface area contributed by atoms with Crippen molar-refractivity contribution < 1.29 is 14.3 Å². The van der Waals surface area contributed by atoms with Crippen molar-refractivity contribution in [3.05, 3.63) is 12.2 Å². The Balaban J connectivity index is 3.94. The van der Waals surface area contributed by atoms with Crippen LogP contribution < -0.4 is 0 Å². The lowest BCUT2D eigenvalue weighted by atomic mass is 10.2. The third-order valence-electron chi connectivity index (χ3n) is 1.24. The molecule has 0 radical (unpaired) electrons. The molecule has 76 valence electrons. The molecule has 0 fully saturated rings. The van der Waals surface area contributed by atoms with Gasteiger partial charge in [-0.05, 0) is 33.8 Å². The highest BCUT2D eigenvalue weighted by Gasteiger charge is 2.13. The first-order valence-corrected chi connectivity index (χ1v) is 4.29. The van der Waals surface area contributed by atoms with E-state index in [2.05, 4.69) is 4.74 Å². The van der Waals surface area contributed by atoms with E-state index in [9.17, 15) is 4.79 Å². The summed E-state index contributed by atoms with van der Waals surface area (Å²) in [6, 6.07) is 0. The van der Waals surface area contributed by atoms with E-state index in [1.165, 1.54) is 13.2 Å². The molecule has 3 nitrogen and oxygen atoms in total. The standard InChI is InChI=1S/C10H18O3/c1-8(13-10(2,3)4)6-7-9(11)12-5/h6-8H,1-5H3. The summed E-state index contributed by atoms with van der Waals surface area (Å²) in [5, 5.41) is 0. The molecule has 0 N–H and O–H groups in total. The van der Waals surface area contributed by atoms with Crippen LogP contribution in [-0.4, -0.2) is 24.8 Å². The quantitative estimate of drug-likeness (QED) is 0.499. The van der Waals surface area contributed by atoms with E-state index in [1.54, 1.807) is 6.08 Å². The van der Waals surface area contributed by atoms with Gasteiger partial charge in [0.2, 0.25) is 0 Å². The van der Waals surface area contributed by atoms with Crippen molar-refractivity contribution in [1.29, 1.82) is 0 Å². The van der Waals surface area contributed by atoms with Crippen LogP contribution in [0, 0.1) is 0 Å². The number of hydrogen-bond donors (Lipinski definition) is 0. The zero-order chi connectivity index (χ0) is 10.5. The summed E-state index contributed by atoms with van der Waals surface area (Å²) < 4.78 is 9.99. The van der Waals surface area contributed by atoms with Gasteiger partial charge in [0, 0.05) is 6.08 Å². The van der Waals surface area contributed by atoms with Crippen LogP contribution in [-0.2, 0) is 14.3 Å². The SMILES string of the molecule is COC(=O)C=CC(C)OC(C)(C)C. The molecule has 0 rings (SSSR count). The number of carbonyl (C=O) groups excluding carboxylic acids is 1. The predicted molar refractivity (Wildman–Crippen MR) is 51.5 cm³/mol.